The highest BCUT2D eigenvalue weighted by Crippen LogP contribution is 2.22. The molecule has 0 spiro atoms. The third-order valence-electron chi connectivity index (χ3n) is 2.77. The molecule has 0 bridgehead atoms. The van der Waals surface area contributed by atoms with Crippen molar-refractivity contribution in [2.24, 2.45) is 5.73 Å². The van der Waals surface area contributed by atoms with E-state index in [-0.39, 0.29) is 15.8 Å². The molecule has 18 heavy (non-hydrogen) atoms. The van der Waals surface area contributed by atoms with Crippen molar-refractivity contribution in [3.05, 3.63) is 24.3 Å². The summed E-state index contributed by atoms with van der Waals surface area (Å²) < 4.78 is 47.9. The smallest absolute Gasteiger partial charge is 0.243 e. The predicted molar refractivity (Wildman–Crippen MR) is 66.3 cm³/mol. The van der Waals surface area contributed by atoms with Gasteiger partial charge in [-0.05, 0) is 24.3 Å². The van der Waals surface area contributed by atoms with Gasteiger partial charge in [-0.15, -0.1) is 0 Å². The van der Waals surface area contributed by atoms with Crippen molar-refractivity contribution in [2.45, 2.75) is 15.8 Å². The van der Waals surface area contributed by atoms with E-state index in [1.54, 1.807) is 0 Å². The van der Waals surface area contributed by atoms with E-state index in [9.17, 15) is 16.8 Å². The van der Waals surface area contributed by atoms with Gasteiger partial charge in [0.2, 0.25) is 10.0 Å². The summed E-state index contributed by atoms with van der Waals surface area (Å²) in [6.45, 7) is 0.603. The molecule has 0 aliphatic carbocycles. The number of benzene rings is 1. The van der Waals surface area contributed by atoms with Crippen LogP contribution in [0, 0.1) is 0 Å². The first-order valence-corrected chi connectivity index (χ1v) is 8.60. The van der Waals surface area contributed by atoms with Crippen LogP contribution in [0.15, 0.2) is 34.1 Å². The first kappa shape index (κ1) is 13.5. The van der Waals surface area contributed by atoms with Gasteiger partial charge in [-0.1, -0.05) is 0 Å². The third kappa shape index (κ3) is 2.41. The van der Waals surface area contributed by atoms with E-state index in [4.69, 9.17) is 5.73 Å². The van der Waals surface area contributed by atoms with Crippen molar-refractivity contribution in [3.63, 3.8) is 0 Å². The molecular weight excluding hydrogens is 276 g/mol. The maximum Gasteiger partial charge on any atom is 0.243 e. The van der Waals surface area contributed by atoms with Crippen LogP contribution in [0.1, 0.15) is 0 Å². The number of sulfonamides is 1. The average molecular weight is 290 g/mol. The standard InChI is InChI=1S/C10H14N2O4S2/c1-17(13,14)9-2-4-10(5-3-9)18(15,16)12-6-8(11)7-12/h2-5,8H,6-7,11H2,1H3. The quantitative estimate of drug-likeness (QED) is 0.803. The van der Waals surface area contributed by atoms with Gasteiger partial charge < -0.3 is 5.73 Å². The fourth-order valence-corrected chi connectivity index (χ4v) is 3.86. The lowest BCUT2D eigenvalue weighted by Crippen LogP contribution is -2.57. The van der Waals surface area contributed by atoms with Crippen molar-refractivity contribution in [3.8, 4) is 0 Å². The van der Waals surface area contributed by atoms with Gasteiger partial charge >= 0.3 is 0 Å². The van der Waals surface area contributed by atoms with Crippen LogP contribution in [0.2, 0.25) is 0 Å². The van der Waals surface area contributed by atoms with Crippen LogP contribution in [0.4, 0.5) is 0 Å². The second kappa shape index (κ2) is 4.30. The van der Waals surface area contributed by atoms with Crippen molar-refractivity contribution >= 4 is 19.9 Å². The molecule has 1 aliphatic heterocycles. The molecule has 1 fully saturated rings. The van der Waals surface area contributed by atoms with Gasteiger partial charge in [0.1, 0.15) is 0 Å². The second-order valence-electron chi connectivity index (χ2n) is 4.33. The Hall–Kier alpha value is -0.960. The number of rotatable bonds is 3. The van der Waals surface area contributed by atoms with Gasteiger partial charge in [-0.25, -0.2) is 16.8 Å². The summed E-state index contributed by atoms with van der Waals surface area (Å²) in [7, 11) is -6.85. The Bertz CT molecular complexity index is 644. The van der Waals surface area contributed by atoms with Crippen molar-refractivity contribution in [1.29, 1.82) is 0 Å². The first-order valence-electron chi connectivity index (χ1n) is 5.27. The van der Waals surface area contributed by atoms with Crippen LogP contribution in [-0.2, 0) is 19.9 Å². The molecule has 0 atom stereocenters. The molecule has 6 nitrogen and oxygen atoms in total. The fourth-order valence-electron chi connectivity index (χ4n) is 1.67. The van der Waals surface area contributed by atoms with Gasteiger partial charge in [-0.3, -0.25) is 0 Å². The molecule has 1 aromatic rings. The molecule has 8 heteroatoms. The van der Waals surface area contributed by atoms with Gasteiger partial charge in [0.25, 0.3) is 0 Å². The highest BCUT2D eigenvalue weighted by molar-refractivity contribution is 7.90. The lowest BCUT2D eigenvalue weighted by atomic mass is 10.2. The van der Waals surface area contributed by atoms with Crippen LogP contribution >= 0.6 is 0 Å². The minimum Gasteiger partial charge on any atom is -0.325 e. The Balaban J connectivity index is 2.30. The molecule has 0 unspecified atom stereocenters. The van der Waals surface area contributed by atoms with E-state index in [2.05, 4.69) is 0 Å². The maximum absolute atomic E-state index is 12.0. The highest BCUT2D eigenvalue weighted by atomic mass is 32.2. The summed E-state index contributed by atoms with van der Waals surface area (Å²) in [6.07, 6.45) is 1.07. The highest BCUT2D eigenvalue weighted by Gasteiger charge is 2.34. The number of nitrogens with two attached hydrogens (primary N) is 1. The average Bonchev–Trinajstić information content (AvgIpc) is 2.24. The molecule has 1 aromatic carbocycles. The van der Waals surface area contributed by atoms with Crippen LogP contribution in [0.25, 0.3) is 0 Å². The van der Waals surface area contributed by atoms with Crippen molar-refractivity contribution in [1.82, 2.24) is 4.31 Å². The first-order chi connectivity index (χ1) is 8.21. The summed E-state index contributed by atoms with van der Waals surface area (Å²) in [6, 6.07) is 5.07. The number of hydrogen-bond acceptors (Lipinski definition) is 5. The molecule has 2 N–H and O–H groups in total. The molecule has 1 aliphatic rings. The predicted octanol–water partition coefficient (Wildman–Crippen LogP) is -0.578. The molecule has 2 rings (SSSR count). The minimum absolute atomic E-state index is 0.0850. The monoisotopic (exact) mass is 290 g/mol. The molecule has 1 saturated heterocycles. The SMILES string of the molecule is CS(=O)(=O)c1ccc(S(=O)(=O)N2CC(N)C2)cc1. The molecule has 1 heterocycles. The van der Waals surface area contributed by atoms with Gasteiger partial charge in [0, 0.05) is 25.4 Å². The van der Waals surface area contributed by atoms with E-state index >= 15 is 0 Å². The van der Waals surface area contributed by atoms with Crippen LogP contribution in [-0.4, -0.2) is 46.5 Å². The summed E-state index contributed by atoms with van der Waals surface area (Å²) in [5.41, 5.74) is 5.54. The van der Waals surface area contributed by atoms with Gasteiger partial charge in [0.05, 0.1) is 9.79 Å². The van der Waals surface area contributed by atoms with Crippen molar-refractivity contribution in [2.75, 3.05) is 19.3 Å². The Kier molecular flexibility index (Phi) is 3.22. The number of sulfone groups is 1. The molecule has 0 radical (unpaired) electrons. The summed E-state index contributed by atoms with van der Waals surface area (Å²) >= 11 is 0. The normalized spacial score (nSPS) is 18.6. The van der Waals surface area contributed by atoms with Gasteiger partial charge in [-0.2, -0.15) is 4.31 Å². The van der Waals surface area contributed by atoms with Crippen LogP contribution < -0.4 is 5.73 Å². The summed E-state index contributed by atoms with van der Waals surface area (Å²) in [5, 5.41) is 0. The van der Waals surface area contributed by atoms with E-state index in [0.717, 1.165) is 6.26 Å². The molecular formula is C10H14N2O4S2. The largest absolute Gasteiger partial charge is 0.325 e. The zero-order valence-corrected chi connectivity index (χ0v) is 11.4. The fraction of sp³-hybridized carbons (Fsp3) is 0.400. The second-order valence-corrected chi connectivity index (χ2v) is 8.28. The Morgan fingerprint density at radius 3 is 1.89 bits per heavy atom. The molecule has 0 aromatic heterocycles. The minimum atomic E-state index is -3.54. The van der Waals surface area contributed by atoms with Crippen molar-refractivity contribution < 1.29 is 16.8 Å². The Morgan fingerprint density at radius 2 is 1.50 bits per heavy atom. The lowest BCUT2D eigenvalue weighted by Gasteiger charge is -2.35. The summed E-state index contributed by atoms with van der Waals surface area (Å²) in [4.78, 5) is 0.184. The molecule has 0 saturated carbocycles. The van der Waals surface area contributed by atoms with Crippen LogP contribution in [0.3, 0.4) is 0 Å². The zero-order valence-electron chi connectivity index (χ0n) is 9.78. The number of nitrogens with zero attached hydrogens (tertiary/aromatic N) is 1. The lowest BCUT2D eigenvalue weighted by molar-refractivity contribution is 0.265. The van der Waals surface area contributed by atoms with E-state index in [1.165, 1.54) is 28.6 Å². The van der Waals surface area contributed by atoms with Gasteiger partial charge in [0.15, 0.2) is 9.84 Å². The third-order valence-corrected chi connectivity index (χ3v) is 5.74. The van der Waals surface area contributed by atoms with E-state index < -0.39 is 19.9 Å². The van der Waals surface area contributed by atoms with E-state index in [1.807, 2.05) is 0 Å². The zero-order chi connectivity index (χ0) is 13.6. The van der Waals surface area contributed by atoms with E-state index in [0.29, 0.717) is 13.1 Å². The number of hydrogen-bond donors (Lipinski definition) is 1. The Labute approximate surface area is 106 Å². The Morgan fingerprint density at radius 1 is 1.06 bits per heavy atom. The summed E-state index contributed by atoms with van der Waals surface area (Å²) in [5.74, 6) is 0. The topological polar surface area (TPSA) is 97.5 Å². The molecule has 100 valence electrons. The van der Waals surface area contributed by atoms with Crippen LogP contribution in [0.5, 0.6) is 0 Å². The molecule has 0 amide bonds. The maximum atomic E-state index is 12.0.